The molecule has 1 unspecified atom stereocenters. The summed E-state index contributed by atoms with van der Waals surface area (Å²) in [6, 6.07) is 3.00. The maximum atomic E-state index is 12.5. The highest BCUT2D eigenvalue weighted by Crippen LogP contribution is 2.33. The molecule has 0 radical (unpaired) electrons. The van der Waals surface area contributed by atoms with Gasteiger partial charge in [0.15, 0.2) is 0 Å². The highest BCUT2D eigenvalue weighted by atomic mass is 79.9. The summed E-state index contributed by atoms with van der Waals surface area (Å²) in [5.41, 5.74) is 0.347. The Hall–Kier alpha value is -1.11. The fourth-order valence-corrected chi connectivity index (χ4v) is 2.29. The average Bonchev–Trinajstić information content (AvgIpc) is 2.77. The van der Waals surface area contributed by atoms with E-state index >= 15 is 0 Å². The summed E-state index contributed by atoms with van der Waals surface area (Å²) in [6.07, 6.45) is -2.82. The molecule has 0 aliphatic carbocycles. The molecule has 1 fully saturated rings. The van der Waals surface area contributed by atoms with E-state index in [2.05, 4.69) is 20.9 Å². The zero-order valence-electron chi connectivity index (χ0n) is 9.25. The van der Waals surface area contributed by atoms with E-state index in [9.17, 15) is 18.0 Å². The first kappa shape index (κ1) is 13.3. The number of rotatable bonds is 1. The van der Waals surface area contributed by atoms with Gasteiger partial charge in [0.1, 0.15) is 4.60 Å². The van der Waals surface area contributed by atoms with Gasteiger partial charge in [-0.3, -0.25) is 4.79 Å². The monoisotopic (exact) mass is 322 g/mol. The first-order chi connectivity index (χ1) is 8.38. The zero-order chi connectivity index (χ0) is 13.3. The maximum Gasteiger partial charge on any atom is 0.393 e. The van der Waals surface area contributed by atoms with Crippen LogP contribution in [-0.4, -0.2) is 35.1 Å². The van der Waals surface area contributed by atoms with Gasteiger partial charge in [0.05, 0.1) is 5.92 Å². The molecule has 0 N–H and O–H groups in total. The number of hydrogen-bond acceptors (Lipinski definition) is 2. The van der Waals surface area contributed by atoms with Crippen LogP contribution in [-0.2, 0) is 0 Å². The number of pyridine rings is 1. The second-order valence-corrected chi connectivity index (χ2v) is 4.96. The number of likely N-dealkylation sites (tertiary alicyclic amines) is 1. The number of halogens is 4. The smallest absolute Gasteiger partial charge is 0.338 e. The summed E-state index contributed by atoms with van der Waals surface area (Å²) in [5.74, 6) is -1.79. The summed E-state index contributed by atoms with van der Waals surface area (Å²) < 4.78 is 38.0. The lowest BCUT2D eigenvalue weighted by atomic mass is 10.1. The van der Waals surface area contributed by atoms with Gasteiger partial charge in [-0.15, -0.1) is 0 Å². The summed E-state index contributed by atoms with van der Waals surface area (Å²) in [7, 11) is 0. The molecule has 0 bridgehead atoms. The molecule has 1 aromatic heterocycles. The summed E-state index contributed by atoms with van der Waals surface area (Å²) in [5, 5.41) is 0. The summed E-state index contributed by atoms with van der Waals surface area (Å²) >= 11 is 3.12. The van der Waals surface area contributed by atoms with Gasteiger partial charge >= 0.3 is 6.18 Å². The Kier molecular flexibility index (Phi) is 3.61. The Bertz CT molecular complexity index is 464. The topological polar surface area (TPSA) is 33.2 Å². The Morgan fingerprint density at radius 2 is 2.22 bits per heavy atom. The normalized spacial score (nSPS) is 20.2. The minimum absolute atomic E-state index is 0.0263. The van der Waals surface area contributed by atoms with Gasteiger partial charge in [-0.1, -0.05) is 0 Å². The van der Waals surface area contributed by atoms with E-state index in [4.69, 9.17) is 0 Å². The number of amides is 1. The van der Waals surface area contributed by atoms with Gasteiger partial charge in [0.25, 0.3) is 5.91 Å². The van der Waals surface area contributed by atoms with Crippen molar-refractivity contribution in [1.82, 2.24) is 9.88 Å². The number of nitrogens with zero attached hydrogens (tertiary/aromatic N) is 2. The van der Waals surface area contributed by atoms with Gasteiger partial charge in [0.2, 0.25) is 0 Å². The van der Waals surface area contributed by atoms with Crippen LogP contribution in [0.4, 0.5) is 13.2 Å². The van der Waals surface area contributed by atoms with Gasteiger partial charge in [0, 0.05) is 24.8 Å². The number of carbonyl (C=O) groups excluding carboxylic acids is 1. The van der Waals surface area contributed by atoms with Crippen LogP contribution in [0.2, 0.25) is 0 Å². The molecule has 1 amide bonds. The van der Waals surface area contributed by atoms with E-state index in [0.29, 0.717) is 10.2 Å². The summed E-state index contributed by atoms with van der Waals surface area (Å²) in [6.45, 7) is -0.120. The molecule has 2 rings (SSSR count). The van der Waals surface area contributed by atoms with Crippen LogP contribution in [0.1, 0.15) is 16.8 Å². The molecule has 2 heterocycles. The van der Waals surface area contributed by atoms with Crippen LogP contribution in [0.3, 0.4) is 0 Å². The van der Waals surface area contributed by atoms with Crippen molar-refractivity contribution in [1.29, 1.82) is 0 Å². The van der Waals surface area contributed by atoms with E-state index in [1.54, 1.807) is 0 Å². The van der Waals surface area contributed by atoms with Gasteiger partial charge in [-0.25, -0.2) is 4.98 Å². The molecular weight excluding hydrogens is 313 g/mol. The number of hydrogen-bond donors (Lipinski definition) is 0. The molecule has 1 aliphatic rings. The maximum absolute atomic E-state index is 12.5. The minimum atomic E-state index is -4.23. The molecule has 0 spiro atoms. The Labute approximate surface area is 110 Å². The first-order valence-electron chi connectivity index (χ1n) is 5.35. The van der Waals surface area contributed by atoms with Crippen LogP contribution in [0.5, 0.6) is 0 Å². The molecule has 3 nitrogen and oxygen atoms in total. The quantitative estimate of drug-likeness (QED) is 0.745. The Morgan fingerprint density at radius 1 is 1.50 bits per heavy atom. The number of aromatic nitrogens is 1. The van der Waals surface area contributed by atoms with Crippen molar-refractivity contribution in [3.8, 4) is 0 Å². The molecule has 7 heteroatoms. The van der Waals surface area contributed by atoms with E-state index < -0.39 is 12.1 Å². The van der Waals surface area contributed by atoms with E-state index in [0.717, 1.165) is 0 Å². The lowest BCUT2D eigenvalue weighted by Gasteiger charge is -2.18. The largest absolute Gasteiger partial charge is 0.393 e. The van der Waals surface area contributed by atoms with Crippen molar-refractivity contribution >= 4 is 21.8 Å². The SMILES string of the molecule is O=C(c1ccnc(Br)c1)N1CCC(C(F)(F)F)C1. The Balaban J connectivity index is 2.08. The third-order valence-corrected chi connectivity index (χ3v) is 3.35. The fourth-order valence-electron chi connectivity index (χ4n) is 1.93. The predicted molar refractivity (Wildman–Crippen MR) is 62.0 cm³/mol. The third-order valence-electron chi connectivity index (χ3n) is 2.91. The molecule has 1 aliphatic heterocycles. The fraction of sp³-hybridized carbons (Fsp3) is 0.455. The van der Waals surface area contributed by atoms with Gasteiger partial charge in [-0.2, -0.15) is 13.2 Å². The molecule has 1 atom stereocenters. The van der Waals surface area contributed by atoms with Crippen LogP contribution in [0.25, 0.3) is 0 Å². The van der Waals surface area contributed by atoms with Crippen LogP contribution in [0, 0.1) is 5.92 Å². The predicted octanol–water partition coefficient (Wildman–Crippen LogP) is 2.87. The van der Waals surface area contributed by atoms with E-state index in [-0.39, 0.29) is 25.4 Å². The Morgan fingerprint density at radius 3 is 2.78 bits per heavy atom. The van der Waals surface area contributed by atoms with Gasteiger partial charge < -0.3 is 4.90 Å². The lowest BCUT2D eigenvalue weighted by molar-refractivity contribution is -0.169. The van der Waals surface area contributed by atoms with Crippen molar-refractivity contribution in [2.45, 2.75) is 12.6 Å². The minimum Gasteiger partial charge on any atom is -0.338 e. The third kappa shape index (κ3) is 2.82. The van der Waals surface area contributed by atoms with Crippen molar-refractivity contribution < 1.29 is 18.0 Å². The van der Waals surface area contributed by atoms with E-state index in [1.165, 1.54) is 23.2 Å². The van der Waals surface area contributed by atoms with Crippen molar-refractivity contribution in [2.75, 3.05) is 13.1 Å². The van der Waals surface area contributed by atoms with E-state index in [1.807, 2.05) is 0 Å². The molecule has 18 heavy (non-hydrogen) atoms. The number of alkyl halides is 3. The molecule has 1 aromatic rings. The molecule has 98 valence electrons. The highest BCUT2D eigenvalue weighted by Gasteiger charge is 2.44. The van der Waals surface area contributed by atoms with Crippen molar-refractivity contribution in [3.05, 3.63) is 28.5 Å². The lowest BCUT2D eigenvalue weighted by Crippen LogP contribution is -2.31. The molecule has 0 saturated carbocycles. The highest BCUT2D eigenvalue weighted by molar-refractivity contribution is 9.10. The molecule has 0 aromatic carbocycles. The van der Waals surface area contributed by atoms with Crippen molar-refractivity contribution in [3.63, 3.8) is 0 Å². The molecule has 1 saturated heterocycles. The van der Waals surface area contributed by atoms with Crippen molar-refractivity contribution in [2.24, 2.45) is 5.92 Å². The second-order valence-electron chi connectivity index (χ2n) is 4.15. The molecular formula is C11H10BrF3N2O. The number of carbonyl (C=O) groups is 1. The second kappa shape index (κ2) is 4.87. The zero-order valence-corrected chi connectivity index (χ0v) is 10.8. The van der Waals surface area contributed by atoms with Crippen LogP contribution in [0.15, 0.2) is 22.9 Å². The van der Waals surface area contributed by atoms with Crippen LogP contribution < -0.4 is 0 Å². The standard InChI is InChI=1S/C11H10BrF3N2O/c12-9-5-7(1-3-16-9)10(18)17-4-2-8(6-17)11(13,14)15/h1,3,5,8H,2,4,6H2. The first-order valence-corrected chi connectivity index (χ1v) is 6.15. The van der Waals surface area contributed by atoms with Gasteiger partial charge in [-0.05, 0) is 34.5 Å². The average molecular weight is 323 g/mol. The summed E-state index contributed by atoms with van der Waals surface area (Å²) in [4.78, 5) is 17.1. The van der Waals surface area contributed by atoms with Crippen LogP contribution >= 0.6 is 15.9 Å².